The van der Waals surface area contributed by atoms with Gasteiger partial charge in [-0.2, -0.15) is 0 Å². The Kier molecular flexibility index (Phi) is 6.69. The van der Waals surface area contributed by atoms with E-state index in [2.05, 4.69) is 20.0 Å². The summed E-state index contributed by atoms with van der Waals surface area (Å²) in [5.41, 5.74) is 2.32. The van der Waals surface area contributed by atoms with Gasteiger partial charge in [0, 0.05) is 24.3 Å². The van der Waals surface area contributed by atoms with Gasteiger partial charge in [-0.15, -0.1) is 11.3 Å². The third kappa shape index (κ3) is 5.32. The van der Waals surface area contributed by atoms with Crippen molar-refractivity contribution in [3.05, 3.63) is 62.0 Å². The number of hydrogen-bond acceptors (Lipinski definition) is 6. The molecule has 0 aliphatic carbocycles. The summed E-state index contributed by atoms with van der Waals surface area (Å²) in [6, 6.07) is 7.03. The van der Waals surface area contributed by atoms with Crippen LogP contribution in [0.3, 0.4) is 0 Å². The maximum absolute atomic E-state index is 12.3. The van der Waals surface area contributed by atoms with E-state index in [4.69, 9.17) is 0 Å². The van der Waals surface area contributed by atoms with E-state index in [-0.39, 0.29) is 23.6 Å². The molecule has 1 aromatic carbocycles. The van der Waals surface area contributed by atoms with Crippen LogP contribution < -0.4 is 15.6 Å². The zero-order valence-electron chi connectivity index (χ0n) is 17.0. The van der Waals surface area contributed by atoms with Crippen molar-refractivity contribution in [3.63, 3.8) is 0 Å². The van der Waals surface area contributed by atoms with Gasteiger partial charge >= 0.3 is 0 Å². The van der Waals surface area contributed by atoms with Gasteiger partial charge in [0.2, 0.25) is 15.9 Å². The summed E-state index contributed by atoms with van der Waals surface area (Å²) in [4.78, 5) is 33.5. The van der Waals surface area contributed by atoms with Gasteiger partial charge in [-0.05, 0) is 37.6 Å². The smallest absolute Gasteiger partial charge is 0.259 e. The number of aromatic amines is 1. The maximum atomic E-state index is 12.3. The van der Waals surface area contributed by atoms with E-state index in [0.29, 0.717) is 34.6 Å². The second-order valence-corrected chi connectivity index (χ2v) is 10.2. The summed E-state index contributed by atoms with van der Waals surface area (Å²) in [5.74, 6) is 0.256. The van der Waals surface area contributed by atoms with Crippen molar-refractivity contribution in [1.82, 2.24) is 20.0 Å². The van der Waals surface area contributed by atoms with Crippen LogP contribution in [0, 0.1) is 13.8 Å². The Morgan fingerprint density at radius 3 is 2.50 bits per heavy atom. The van der Waals surface area contributed by atoms with Crippen LogP contribution in [-0.2, 0) is 33.5 Å². The summed E-state index contributed by atoms with van der Waals surface area (Å²) >= 11 is 1.48. The fraction of sp³-hybridized carbons (Fsp3) is 0.350. The number of thiophene rings is 1. The lowest BCUT2D eigenvalue weighted by molar-refractivity contribution is -0.121. The van der Waals surface area contributed by atoms with Crippen LogP contribution in [0.25, 0.3) is 10.2 Å². The molecule has 1 amide bonds. The number of H-pyrrole nitrogens is 1. The molecule has 2 heterocycles. The van der Waals surface area contributed by atoms with E-state index in [1.807, 2.05) is 13.8 Å². The molecule has 0 spiro atoms. The highest BCUT2D eigenvalue weighted by Crippen LogP contribution is 2.25. The summed E-state index contributed by atoms with van der Waals surface area (Å²) < 4.78 is 25.4. The SMILES string of the molecule is CNS(=O)(=O)Cc1ccc(CNC(=O)CCc2nc3sc(C)c(C)c3c(=O)[nH]2)cc1. The molecule has 3 rings (SSSR count). The summed E-state index contributed by atoms with van der Waals surface area (Å²) in [6.07, 6.45) is 0.546. The molecule has 0 radical (unpaired) electrons. The van der Waals surface area contributed by atoms with E-state index < -0.39 is 10.0 Å². The Bertz CT molecular complexity index is 1230. The molecule has 0 bridgehead atoms. The second-order valence-electron chi connectivity index (χ2n) is 7.03. The third-order valence-corrected chi connectivity index (χ3v) is 7.29. The number of carbonyl (C=O) groups is 1. The van der Waals surface area contributed by atoms with Crippen LogP contribution >= 0.6 is 11.3 Å². The Morgan fingerprint density at radius 1 is 1.17 bits per heavy atom. The number of benzene rings is 1. The minimum absolute atomic E-state index is 0.0883. The molecule has 160 valence electrons. The lowest BCUT2D eigenvalue weighted by atomic mass is 10.1. The van der Waals surface area contributed by atoms with Crippen molar-refractivity contribution < 1.29 is 13.2 Å². The van der Waals surface area contributed by atoms with Crippen molar-refractivity contribution in [2.75, 3.05) is 7.05 Å². The first-order valence-electron chi connectivity index (χ1n) is 9.43. The Balaban J connectivity index is 1.54. The molecule has 0 saturated carbocycles. The van der Waals surface area contributed by atoms with E-state index in [0.717, 1.165) is 16.0 Å². The molecular formula is C20H24N4O4S2. The molecule has 0 atom stereocenters. The number of fused-ring (bicyclic) bond motifs is 1. The minimum Gasteiger partial charge on any atom is -0.352 e. The van der Waals surface area contributed by atoms with Crippen molar-refractivity contribution in [1.29, 1.82) is 0 Å². The van der Waals surface area contributed by atoms with Gasteiger partial charge in [0.1, 0.15) is 10.7 Å². The fourth-order valence-electron chi connectivity index (χ4n) is 2.98. The Labute approximate surface area is 178 Å². The van der Waals surface area contributed by atoms with Crippen LogP contribution in [-0.4, -0.2) is 31.3 Å². The summed E-state index contributed by atoms with van der Waals surface area (Å²) in [5, 5.41) is 3.45. The normalized spacial score (nSPS) is 11.7. The monoisotopic (exact) mass is 448 g/mol. The quantitative estimate of drug-likeness (QED) is 0.486. The summed E-state index contributed by atoms with van der Waals surface area (Å²) in [7, 11) is -1.93. The highest BCUT2D eigenvalue weighted by atomic mass is 32.2. The van der Waals surface area contributed by atoms with Gasteiger partial charge in [0.15, 0.2) is 0 Å². The molecule has 10 heteroatoms. The van der Waals surface area contributed by atoms with Gasteiger partial charge in [0.25, 0.3) is 5.56 Å². The first-order valence-corrected chi connectivity index (χ1v) is 11.9. The second kappa shape index (κ2) is 9.07. The Hall–Kier alpha value is -2.56. The van der Waals surface area contributed by atoms with Crippen molar-refractivity contribution in [2.24, 2.45) is 0 Å². The zero-order valence-corrected chi connectivity index (χ0v) is 18.7. The van der Waals surface area contributed by atoms with Crippen LogP contribution in [0.15, 0.2) is 29.1 Å². The van der Waals surface area contributed by atoms with Crippen LogP contribution in [0.4, 0.5) is 0 Å². The number of hydrogen-bond donors (Lipinski definition) is 3. The van der Waals surface area contributed by atoms with Crippen molar-refractivity contribution in [3.8, 4) is 0 Å². The highest BCUT2D eigenvalue weighted by molar-refractivity contribution is 7.88. The first-order chi connectivity index (χ1) is 14.2. The van der Waals surface area contributed by atoms with Crippen molar-refractivity contribution >= 4 is 37.5 Å². The molecule has 0 saturated heterocycles. The average molecular weight is 449 g/mol. The van der Waals surface area contributed by atoms with E-state index in [1.165, 1.54) is 18.4 Å². The zero-order chi connectivity index (χ0) is 21.9. The standard InChI is InChI=1S/C20H24N4O4S2/c1-12-13(2)29-20-18(12)19(26)23-16(24-20)8-9-17(25)22-10-14-4-6-15(7-5-14)11-30(27,28)21-3/h4-7,21H,8-11H2,1-3H3,(H,22,25)(H,23,24,26). The summed E-state index contributed by atoms with van der Waals surface area (Å²) in [6.45, 7) is 4.20. The number of carbonyl (C=O) groups excluding carboxylic acids is 1. The van der Waals surface area contributed by atoms with E-state index in [1.54, 1.807) is 24.3 Å². The molecule has 0 fully saturated rings. The number of sulfonamides is 1. The van der Waals surface area contributed by atoms with Crippen LogP contribution in [0.5, 0.6) is 0 Å². The van der Waals surface area contributed by atoms with Crippen LogP contribution in [0.1, 0.15) is 33.8 Å². The van der Waals surface area contributed by atoms with Gasteiger partial charge in [0.05, 0.1) is 11.1 Å². The van der Waals surface area contributed by atoms with Crippen LogP contribution in [0.2, 0.25) is 0 Å². The van der Waals surface area contributed by atoms with E-state index >= 15 is 0 Å². The molecule has 0 unspecified atom stereocenters. The predicted octanol–water partition coefficient (Wildman–Crippen LogP) is 1.90. The Morgan fingerprint density at radius 2 is 1.83 bits per heavy atom. The molecule has 3 N–H and O–H groups in total. The predicted molar refractivity (Wildman–Crippen MR) is 118 cm³/mol. The molecule has 0 aliphatic heterocycles. The number of amides is 1. The number of aromatic nitrogens is 2. The molecule has 2 aromatic heterocycles. The number of rotatable bonds is 8. The van der Waals surface area contributed by atoms with Gasteiger partial charge in [-0.1, -0.05) is 24.3 Å². The lowest BCUT2D eigenvalue weighted by Crippen LogP contribution is -2.24. The maximum Gasteiger partial charge on any atom is 0.259 e. The number of aryl methyl sites for hydroxylation is 3. The molecule has 3 aromatic rings. The fourth-order valence-corrected chi connectivity index (χ4v) is 4.81. The highest BCUT2D eigenvalue weighted by Gasteiger charge is 2.13. The first kappa shape index (κ1) is 22.1. The minimum atomic E-state index is -3.31. The third-order valence-electron chi connectivity index (χ3n) is 4.86. The molecule has 0 aliphatic rings. The van der Waals surface area contributed by atoms with Gasteiger partial charge < -0.3 is 10.3 Å². The van der Waals surface area contributed by atoms with Gasteiger partial charge in [-0.25, -0.2) is 18.1 Å². The average Bonchev–Trinajstić information content (AvgIpc) is 2.99. The molecule has 8 nitrogen and oxygen atoms in total. The number of nitrogens with one attached hydrogen (secondary N) is 3. The molecule has 30 heavy (non-hydrogen) atoms. The number of nitrogens with zero attached hydrogens (tertiary/aromatic N) is 1. The largest absolute Gasteiger partial charge is 0.352 e. The van der Waals surface area contributed by atoms with Crippen molar-refractivity contribution in [2.45, 2.75) is 39.0 Å². The lowest BCUT2D eigenvalue weighted by Gasteiger charge is -2.07. The topological polar surface area (TPSA) is 121 Å². The van der Waals surface area contributed by atoms with Gasteiger partial charge in [-0.3, -0.25) is 9.59 Å². The molecular weight excluding hydrogens is 424 g/mol. The van der Waals surface area contributed by atoms with E-state index in [9.17, 15) is 18.0 Å².